The fourth-order valence-electron chi connectivity index (χ4n) is 0.869. The van der Waals surface area contributed by atoms with Gasteiger partial charge in [-0.2, -0.15) is 0 Å². The third-order valence-corrected chi connectivity index (χ3v) is 2.11. The van der Waals surface area contributed by atoms with Gasteiger partial charge in [-0.3, -0.25) is 0 Å². The van der Waals surface area contributed by atoms with Crippen LogP contribution in [0.2, 0.25) is 0 Å². The van der Waals surface area contributed by atoms with Crippen molar-refractivity contribution in [2.75, 3.05) is 26.4 Å². The maximum absolute atomic E-state index is 5.44. The zero-order chi connectivity index (χ0) is 9.94. The lowest BCUT2D eigenvalue weighted by molar-refractivity contribution is 0.0344. The Labute approximate surface area is 82.6 Å². The molecule has 0 radical (unpaired) electrons. The predicted octanol–water partition coefficient (Wildman–Crippen LogP) is 2.87. The van der Waals surface area contributed by atoms with Crippen molar-refractivity contribution in [2.24, 2.45) is 5.92 Å². The minimum atomic E-state index is 0.677. The van der Waals surface area contributed by atoms with Gasteiger partial charge >= 0.3 is 0 Å². The average molecular weight is 188 g/mol. The van der Waals surface area contributed by atoms with E-state index in [4.69, 9.17) is 9.47 Å². The van der Waals surface area contributed by atoms with Crippen molar-refractivity contribution in [1.29, 1.82) is 0 Å². The molecule has 0 amide bonds. The molecule has 2 heteroatoms. The number of ether oxygens (including phenoxy) is 2. The number of hydrogen-bond acceptors (Lipinski definition) is 2. The molecule has 0 aromatic carbocycles. The summed E-state index contributed by atoms with van der Waals surface area (Å²) in [6, 6.07) is 0. The minimum absolute atomic E-state index is 0.677. The van der Waals surface area contributed by atoms with Crippen LogP contribution in [0.25, 0.3) is 0 Å². The molecule has 0 heterocycles. The minimum Gasteiger partial charge on any atom is -0.379 e. The summed E-state index contributed by atoms with van der Waals surface area (Å²) in [5.74, 6) is 0.677. The van der Waals surface area contributed by atoms with Crippen LogP contribution >= 0.6 is 0 Å². The van der Waals surface area contributed by atoms with Gasteiger partial charge in [0.2, 0.25) is 0 Å². The van der Waals surface area contributed by atoms with Crippen molar-refractivity contribution in [3.63, 3.8) is 0 Å². The molecular weight excluding hydrogens is 164 g/mol. The lowest BCUT2D eigenvalue weighted by atomic mass is 10.1. The fraction of sp³-hybridized carbons (Fsp3) is 1.00. The molecule has 0 bridgehead atoms. The Morgan fingerprint density at radius 1 is 1.00 bits per heavy atom. The van der Waals surface area contributed by atoms with Crippen LogP contribution in [-0.2, 0) is 9.47 Å². The molecule has 1 unspecified atom stereocenters. The molecule has 0 aromatic heterocycles. The first kappa shape index (κ1) is 12.9. The predicted molar refractivity (Wildman–Crippen MR) is 56.0 cm³/mol. The van der Waals surface area contributed by atoms with Gasteiger partial charge in [-0.15, -0.1) is 0 Å². The van der Waals surface area contributed by atoms with E-state index in [0.717, 1.165) is 32.8 Å². The van der Waals surface area contributed by atoms with Gasteiger partial charge in [0, 0.05) is 13.2 Å². The summed E-state index contributed by atoms with van der Waals surface area (Å²) in [5.41, 5.74) is 0. The summed E-state index contributed by atoms with van der Waals surface area (Å²) in [6.45, 7) is 9.80. The Morgan fingerprint density at radius 3 is 2.31 bits per heavy atom. The molecular formula is C11H24O2. The Balaban J connectivity index is 2.91. The van der Waals surface area contributed by atoms with Crippen LogP contribution in [-0.4, -0.2) is 26.4 Å². The largest absolute Gasteiger partial charge is 0.379 e. The van der Waals surface area contributed by atoms with Crippen molar-refractivity contribution in [2.45, 2.75) is 40.0 Å². The molecule has 0 aliphatic rings. The standard InChI is InChI=1S/C11H24O2/c1-4-6-7-12-8-9-13-10-11(3)5-2/h11H,4-10H2,1-3H3. The second kappa shape index (κ2) is 10.0. The number of unbranched alkanes of at least 4 members (excludes halogenated alkanes) is 1. The van der Waals surface area contributed by atoms with Crippen LogP contribution in [0.3, 0.4) is 0 Å². The average Bonchev–Trinajstić information content (AvgIpc) is 2.16. The molecule has 1 atom stereocenters. The molecule has 80 valence electrons. The van der Waals surface area contributed by atoms with Gasteiger partial charge in [0.05, 0.1) is 13.2 Å². The zero-order valence-corrected chi connectivity index (χ0v) is 9.34. The van der Waals surface area contributed by atoms with Crippen LogP contribution in [0.5, 0.6) is 0 Å². The summed E-state index contributed by atoms with van der Waals surface area (Å²) in [4.78, 5) is 0. The normalized spacial score (nSPS) is 13.2. The Morgan fingerprint density at radius 2 is 1.69 bits per heavy atom. The SMILES string of the molecule is CCCCOCCOCC(C)CC. The van der Waals surface area contributed by atoms with Gasteiger partial charge in [-0.1, -0.05) is 33.6 Å². The van der Waals surface area contributed by atoms with Crippen LogP contribution in [0.4, 0.5) is 0 Å². The van der Waals surface area contributed by atoms with Gasteiger partial charge in [0.15, 0.2) is 0 Å². The van der Waals surface area contributed by atoms with E-state index in [1.165, 1.54) is 12.8 Å². The quantitative estimate of drug-likeness (QED) is 0.518. The molecule has 0 aliphatic heterocycles. The van der Waals surface area contributed by atoms with E-state index in [2.05, 4.69) is 20.8 Å². The molecule has 2 nitrogen and oxygen atoms in total. The highest BCUT2D eigenvalue weighted by molar-refractivity contribution is 4.45. The summed E-state index contributed by atoms with van der Waals surface area (Å²) in [7, 11) is 0. The molecule has 0 aromatic rings. The van der Waals surface area contributed by atoms with Crippen LogP contribution < -0.4 is 0 Å². The highest BCUT2D eigenvalue weighted by atomic mass is 16.5. The lowest BCUT2D eigenvalue weighted by Gasteiger charge is -2.09. The number of rotatable bonds is 9. The van der Waals surface area contributed by atoms with Gasteiger partial charge in [0.1, 0.15) is 0 Å². The van der Waals surface area contributed by atoms with E-state index >= 15 is 0 Å². The molecule has 0 N–H and O–H groups in total. The Hall–Kier alpha value is -0.0800. The van der Waals surface area contributed by atoms with Gasteiger partial charge in [0.25, 0.3) is 0 Å². The van der Waals surface area contributed by atoms with Gasteiger partial charge < -0.3 is 9.47 Å². The molecule has 13 heavy (non-hydrogen) atoms. The zero-order valence-electron chi connectivity index (χ0n) is 9.34. The second-order valence-electron chi connectivity index (χ2n) is 3.55. The smallest absolute Gasteiger partial charge is 0.0700 e. The van der Waals surface area contributed by atoms with Gasteiger partial charge in [-0.05, 0) is 12.3 Å². The second-order valence-corrected chi connectivity index (χ2v) is 3.55. The third kappa shape index (κ3) is 9.84. The van der Waals surface area contributed by atoms with Crippen LogP contribution in [0, 0.1) is 5.92 Å². The topological polar surface area (TPSA) is 18.5 Å². The first-order chi connectivity index (χ1) is 6.31. The van der Waals surface area contributed by atoms with E-state index in [-0.39, 0.29) is 0 Å². The number of hydrogen-bond donors (Lipinski definition) is 0. The van der Waals surface area contributed by atoms with Gasteiger partial charge in [-0.25, -0.2) is 0 Å². The van der Waals surface area contributed by atoms with E-state index in [1.807, 2.05) is 0 Å². The summed E-state index contributed by atoms with van der Waals surface area (Å²) in [6.07, 6.45) is 3.55. The summed E-state index contributed by atoms with van der Waals surface area (Å²) < 4.78 is 10.8. The van der Waals surface area contributed by atoms with Crippen molar-refractivity contribution in [1.82, 2.24) is 0 Å². The Bertz CT molecular complexity index is 94.1. The first-order valence-electron chi connectivity index (χ1n) is 5.46. The van der Waals surface area contributed by atoms with E-state index in [1.54, 1.807) is 0 Å². The van der Waals surface area contributed by atoms with E-state index < -0.39 is 0 Å². The monoisotopic (exact) mass is 188 g/mol. The highest BCUT2D eigenvalue weighted by Crippen LogP contribution is 2.00. The molecule has 0 rings (SSSR count). The Kier molecular flexibility index (Phi) is 9.94. The molecule has 0 fully saturated rings. The van der Waals surface area contributed by atoms with E-state index in [9.17, 15) is 0 Å². The summed E-state index contributed by atoms with van der Waals surface area (Å²) in [5, 5.41) is 0. The maximum Gasteiger partial charge on any atom is 0.0700 e. The van der Waals surface area contributed by atoms with Crippen molar-refractivity contribution in [3.05, 3.63) is 0 Å². The van der Waals surface area contributed by atoms with Crippen molar-refractivity contribution in [3.8, 4) is 0 Å². The van der Waals surface area contributed by atoms with Crippen molar-refractivity contribution < 1.29 is 9.47 Å². The molecule has 0 spiro atoms. The van der Waals surface area contributed by atoms with Crippen LogP contribution in [0.1, 0.15) is 40.0 Å². The highest BCUT2D eigenvalue weighted by Gasteiger charge is 1.97. The fourth-order valence-corrected chi connectivity index (χ4v) is 0.869. The summed E-state index contributed by atoms with van der Waals surface area (Å²) >= 11 is 0. The van der Waals surface area contributed by atoms with Crippen molar-refractivity contribution >= 4 is 0 Å². The molecule has 0 saturated heterocycles. The first-order valence-corrected chi connectivity index (χ1v) is 5.46. The molecule has 0 aliphatic carbocycles. The van der Waals surface area contributed by atoms with Crippen LogP contribution in [0.15, 0.2) is 0 Å². The lowest BCUT2D eigenvalue weighted by Crippen LogP contribution is -2.10. The molecule has 0 saturated carbocycles. The third-order valence-electron chi connectivity index (χ3n) is 2.11. The maximum atomic E-state index is 5.44. The van der Waals surface area contributed by atoms with E-state index in [0.29, 0.717) is 5.92 Å².